The number of hydrogen-bond donors (Lipinski definition) is 1. The molecule has 1 heterocycles. The van der Waals surface area contributed by atoms with Crippen LogP contribution in [-0.2, 0) is 6.42 Å². The Morgan fingerprint density at radius 3 is 2.44 bits per heavy atom. The van der Waals surface area contributed by atoms with Crippen LogP contribution in [0.4, 0.5) is 0 Å². The number of halogens is 2. The smallest absolute Gasteiger partial charge is 0.0799 e. The van der Waals surface area contributed by atoms with E-state index in [4.69, 9.17) is 23.2 Å². The molecule has 0 aromatic carbocycles. The van der Waals surface area contributed by atoms with E-state index in [1.807, 2.05) is 6.92 Å². The minimum Gasteiger partial charge on any atom is -0.362 e. The van der Waals surface area contributed by atoms with Gasteiger partial charge >= 0.3 is 0 Å². The van der Waals surface area contributed by atoms with Crippen LogP contribution in [0.5, 0.6) is 0 Å². The second-order valence-corrected chi connectivity index (χ2v) is 2.57. The molecule has 0 unspecified atom stereocenters. The Labute approximate surface area is 64.0 Å². The van der Waals surface area contributed by atoms with Gasteiger partial charge in [0.05, 0.1) is 10.0 Å². The van der Waals surface area contributed by atoms with Crippen LogP contribution in [0.25, 0.3) is 0 Å². The van der Waals surface area contributed by atoms with Gasteiger partial charge in [0.15, 0.2) is 0 Å². The highest BCUT2D eigenvalue weighted by molar-refractivity contribution is 6.42. The summed E-state index contributed by atoms with van der Waals surface area (Å²) >= 11 is 11.4. The molecule has 9 heavy (non-hydrogen) atoms. The Hall–Kier alpha value is -0.140. The molecule has 1 N–H and O–H groups in total. The van der Waals surface area contributed by atoms with Crippen molar-refractivity contribution in [2.24, 2.45) is 0 Å². The van der Waals surface area contributed by atoms with Crippen LogP contribution in [0.2, 0.25) is 10.0 Å². The zero-order chi connectivity index (χ0) is 6.85. The highest BCUT2D eigenvalue weighted by Gasteiger charge is 2.02. The van der Waals surface area contributed by atoms with Crippen LogP contribution >= 0.6 is 23.2 Å². The molecule has 1 nitrogen and oxygen atoms in total. The molecule has 0 atom stereocenters. The summed E-state index contributed by atoms with van der Waals surface area (Å²) in [5, 5.41) is 1.26. The maximum Gasteiger partial charge on any atom is 0.0799 e. The summed E-state index contributed by atoms with van der Waals surface area (Å²) in [6.07, 6.45) is 2.59. The minimum absolute atomic E-state index is 0.605. The lowest BCUT2D eigenvalue weighted by Gasteiger charge is -1.88. The van der Waals surface area contributed by atoms with Crippen molar-refractivity contribution < 1.29 is 0 Å². The molecule has 0 bridgehead atoms. The van der Waals surface area contributed by atoms with E-state index in [1.54, 1.807) is 6.20 Å². The van der Waals surface area contributed by atoms with Gasteiger partial charge in [-0.25, -0.2) is 0 Å². The second kappa shape index (κ2) is 2.63. The van der Waals surface area contributed by atoms with Gasteiger partial charge in [-0.2, -0.15) is 0 Å². The van der Waals surface area contributed by atoms with E-state index in [9.17, 15) is 0 Å². The van der Waals surface area contributed by atoms with Gasteiger partial charge in [-0.3, -0.25) is 0 Å². The first-order valence-corrected chi connectivity index (χ1v) is 3.52. The fourth-order valence-electron chi connectivity index (χ4n) is 0.679. The zero-order valence-corrected chi connectivity index (χ0v) is 6.55. The summed E-state index contributed by atoms with van der Waals surface area (Å²) in [6.45, 7) is 2.02. The first kappa shape index (κ1) is 6.97. The van der Waals surface area contributed by atoms with Gasteiger partial charge < -0.3 is 4.98 Å². The molecule has 50 valence electrons. The fourth-order valence-corrected chi connectivity index (χ4v) is 1.09. The Morgan fingerprint density at radius 2 is 2.22 bits per heavy atom. The molecule has 0 aliphatic rings. The summed E-state index contributed by atoms with van der Waals surface area (Å²) in [5.41, 5.74) is 1.00. The first-order valence-electron chi connectivity index (χ1n) is 2.77. The lowest BCUT2D eigenvalue weighted by atomic mass is 10.3. The topological polar surface area (TPSA) is 15.8 Å². The third kappa shape index (κ3) is 1.22. The van der Waals surface area contributed by atoms with Crippen molar-refractivity contribution in [3.8, 4) is 0 Å². The van der Waals surface area contributed by atoms with Crippen LogP contribution in [0, 0.1) is 0 Å². The largest absolute Gasteiger partial charge is 0.362 e. The molecule has 0 spiro atoms. The number of hydrogen-bond acceptors (Lipinski definition) is 0. The summed E-state index contributed by atoms with van der Waals surface area (Å²) in [6, 6.07) is 0. The number of aromatic nitrogens is 1. The molecule has 0 aliphatic carbocycles. The van der Waals surface area contributed by atoms with E-state index < -0.39 is 0 Å². The van der Waals surface area contributed by atoms with Crippen molar-refractivity contribution in [2.45, 2.75) is 13.3 Å². The van der Waals surface area contributed by atoms with Gasteiger partial charge in [-0.1, -0.05) is 30.1 Å². The Balaban J connectivity index is 3.04. The second-order valence-electron chi connectivity index (χ2n) is 1.78. The van der Waals surface area contributed by atoms with E-state index in [0.717, 1.165) is 12.1 Å². The quantitative estimate of drug-likeness (QED) is 0.656. The number of aromatic amines is 1. The molecule has 3 heteroatoms. The highest BCUT2D eigenvalue weighted by atomic mass is 35.5. The van der Waals surface area contributed by atoms with Gasteiger partial charge in [-0.05, 0) is 6.42 Å². The molecule has 0 amide bonds. The summed E-state index contributed by atoms with van der Waals surface area (Å²) in [4.78, 5) is 2.96. The van der Waals surface area contributed by atoms with Crippen molar-refractivity contribution in [1.29, 1.82) is 0 Å². The number of rotatable bonds is 1. The Kier molecular flexibility index (Phi) is 2.04. The summed E-state index contributed by atoms with van der Waals surface area (Å²) in [7, 11) is 0. The number of H-pyrrole nitrogens is 1. The molecule has 0 radical (unpaired) electrons. The molecule has 1 aromatic rings. The maximum atomic E-state index is 5.75. The summed E-state index contributed by atoms with van der Waals surface area (Å²) < 4.78 is 0. The fraction of sp³-hybridized carbons (Fsp3) is 0.333. The lowest BCUT2D eigenvalue weighted by molar-refractivity contribution is 1.06. The average molecular weight is 164 g/mol. The van der Waals surface area contributed by atoms with Crippen molar-refractivity contribution in [3.05, 3.63) is 21.9 Å². The van der Waals surface area contributed by atoms with Gasteiger partial charge in [-0.15, -0.1) is 0 Å². The molecular weight excluding hydrogens is 157 g/mol. The SMILES string of the molecule is CCc1[nH]cc(Cl)c1Cl. The lowest BCUT2D eigenvalue weighted by Crippen LogP contribution is -1.76. The van der Waals surface area contributed by atoms with Crippen LogP contribution in [0.1, 0.15) is 12.6 Å². The van der Waals surface area contributed by atoms with Crippen LogP contribution in [0.3, 0.4) is 0 Å². The van der Waals surface area contributed by atoms with Gasteiger partial charge in [0, 0.05) is 11.9 Å². The summed E-state index contributed by atoms with van der Waals surface area (Å²) in [5.74, 6) is 0. The van der Waals surface area contributed by atoms with Crippen molar-refractivity contribution >= 4 is 23.2 Å². The monoisotopic (exact) mass is 163 g/mol. The van der Waals surface area contributed by atoms with E-state index in [-0.39, 0.29) is 0 Å². The maximum absolute atomic E-state index is 5.75. The van der Waals surface area contributed by atoms with Crippen molar-refractivity contribution in [2.75, 3.05) is 0 Å². The number of aryl methyl sites for hydroxylation is 1. The Bertz CT molecular complexity index is 205. The van der Waals surface area contributed by atoms with Crippen molar-refractivity contribution in [3.63, 3.8) is 0 Å². The number of nitrogens with one attached hydrogen (secondary N) is 1. The van der Waals surface area contributed by atoms with E-state index in [0.29, 0.717) is 10.0 Å². The predicted octanol–water partition coefficient (Wildman–Crippen LogP) is 2.88. The molecule has 0 aliphatic heterocycles. The standard InChI is InChI=1S/C6H7Cl2N/c1-2-5-6(8)4(7)3-9-5/h3,9H,2H2,1H3. The van der Waals surface area contributed by atoms with Gasteiger partial charge in [0.2, 0.25) is 0 Å². The average Bonchev–Trinajstić information content (AvgIpc) is 2.15. The van der Waals surface area contributed by atoms with E-state index in [1.165, 1.54) is 0 Å². The molecule has 1 rings (SSSR count). The van der Waals surface area contributed by atoms with E-state index >= 15 is 0 Å². The molecule has 0 saturated carbocycles. The first-order chi connectivity index (χ1) is 4.25. The van der Waals surface area contributed by atoms with Gasteiger partial charge in [0.1, 0.15) is 0 Å². The van der Waals surface area contributed by atoms with Gasteiger partial charge in [0.25, 0.3) is 0 Å². The molecule has 0 saturated heterocycles. The van der Waals surface area contributed by atoms with Crippen LogP contribution < -0.4 is 0 Å². The molecule has 1 aromatic heterocycles. The Morgan fingerprint density at radius 1 is 1.56 bits per heavy atom. The van der Waals surface area contributed by atoms with Crippen LogP contribution in [-0.4, -0.2) is 4.98 Å². The van der Waals surface area contributed by atoms with Crippen molar-refractivity contribution in [1.82, 2.24) is 4.98 Å². The minimum atomic E-state index is 0.605. The highest BCUT2D eigenvalue weighted by Crippen LogP contribution is 2.24. The third-order valence-corrected chi connectivity index (χ3v) is 2.03. The molecule has 0 fully saturated rings. The zero-order valence-electron chi connectivity index (χ0n) is 5.04. The molecular formula is C6H7Cl2N. The normalized spacial score (nSPS) is 10.1. The van der Waals surface area contributed by atoms with E-state index in [2.05, 4.69) is 4.98 Å². The van der Waals surface area contributed by atoms with Crippen LogP contribution in [0.15, 0.2) is 6.20 Å². The third-order valence-electron chi connectivity index (χ3n) is 1.20. The predicted molar refractivity (Wildman–Crippen MR) is 40.2 cm³/mol.